The van der Waals surface area contributed by atoms with Crippen molar-refractivity contribution in [3.8, 4) is 0 Å². The highest BCUT2D eigenvalue weighted by atomic mass is 32.1. The van der Waals surface area contributed by atoms with Gasteiger partial charge in [-0.3, -0.25) is 15.1 Å². The van der Waals surface area contributed by atoms with Crippen LogP contribution in [0.15, 0.2) is 36.4 Å². The van der Waals surface area contributed by atoms with Crippen LogP contribution in [0.25, 0.3) is 0 Å². The van der Waals surface area contributed by atoms with E-state index in [2.05, 4.69) is 10.3 Å². The first kappa shape index (κ1) is 14.6. The number of hydrazine groups is 1. The molecule has 0 aliphatic heterocycles. The summed E-state index contributed by atoms with van der Waals surface area (Å²) in [6, 6.07) is 10.2. The van der Waals surface area contributed by atoms with E-state index in [-0.39, 0.29) is 11.7 Å². The highest BCUT2D eigenvalue weighted by molar-refractivity contribution is 7.14. The standard InChI is InChI=1S/C14H16FN3OS/c1-18(8-10-3-2-4-11(15)7-10)9-12-5-6-13(20-12)14(19)17-16/h2-7H,8-9,16H2,1H3,(H,17,19). The van der Waals surface area contributed by atoms with Gasteiger partial charge in [-0.25, -0.2) is 10.2 Å². The van der Waals surface area contributed by atoms with Crippen LogP contribution in [0.4, 0.5) is 4.39 Å². The van der Waals surface area contributed by atoms with E-state index in [4.69, 9.17) is 5.84 Å². The molecule has 0 unspecified atom stereocenters. The Morgan fingerprint density at radius 2 is 2.15 bits per heavy atom. The zero-order valence-corrected chi connectivity index (χ0v) is 11.9. The molecule has 0 radical (unpaired) electrons. The molecular formula is C14H16FN3OS. The zero-order chi connectivity index (χ0) is 14.5. The van der Waals surface area contributed by atoms with Gasteiger partial charge >= 0.3 is 0 Å². The highest BCUT2D eigenvalue weighted by Crippen LogP contribution is 2.18. The summed E-state index contributed by atoms with van der Waals surface area (Å²) in [6.07, 6.45) is 0. The molecule has 2 rings (SSSR count). The minimum Gasteiger partial charge on any atom is -0.297 e. The van der Waals surface area contributed by atoms with E-state index >= 15 is 0 Å². The molecule has 0 fully saturated rings. The fourth-order valence-electron chi connectivity index (χ4n) is 1.92. The van der Waals surface area contributed by atoms with Gasteiger partial charge in [0.2, 0.25) is 0 Å². The second-order valence-electron chi connectivity index (χ2n) is 4.54. The van der Waals surface area contributed by atoms with Crippen LogP contribution < -0.4 is 11.3 Å². The maximum Gasteiger partial charge on any atom is 0.275 e. The van der Waals surface area contributed by atoms with Crippen molar-refractivity contribution in [3.05, 3.63) is 57.5 Å². The number of carbonyl (C=O) groups excluding carboxylic acids is 1. The first-order chi connectivity index (χ1) is 9.58. The lowest BCUT2D eigenvalue weighted by Crippen LogP contribution is -2.29. The number of thiophene rings is 1. The van der Waals surface area contributed by atoms with Crippen molar-refractivity contribution < 1.29 is 9.18 Å². The van der Waals surface area contributed by atoms with E-state index in [0.29, 0.717) is 18.0 Å². The maximum atomic E-state index is 13.1. The zero-order valence-electron chi connectivity index (χ0n) is 11.1. The van der Waals surface area contributed by atoms with E-state index < -0.39 is 0 Å². The van der Waals surface area contributed by atoms with Gasteiger partial charge in [0.05, 0.1) is 4.88 Å². The van der Waals surface area contributed by atoms with Gasteiger partial charge in [-0.2, -0.15) is 0 Å². The second-order valence-corrected chi connectivity index (χ2v) is 5.71. The van der Waals surface area contributed by atoms with Crippen molar-refractivity contribution in [2.45, 2.75) is 13.1 Å². The van der Waals surface area contributed by atoms with Gasteiger partial charge in [-0.15, -0.1) is 11.3 Å². The molecule has 0 saturated carbocycles. The van der Waals surface area contributed by atoms with Gasteiger partial charge in [0.25, 0.3) is 5.91 Å². The number of nitrogens with one attached hydrogen (secondary N) is 1. The lowest BCUT2D eigenvalue weighted by molar-refractivity contribution is 0.0957. The predicted octanol–water partition coefficient (Wildman–Crippen LogP) is 2.12. The molecule has 2 aromatic rings. The van der Waals surface area contributed by atoms with E-state index in [1.54, 1.807) is 12.1 Å². The van der Waals surface area contributed by atoms with Gasteiger partial charge in [0.15, 0.2) is 0 Å². The number of halogens is 1. The third-order valence-electron chi connectivity index (χ3n) is 2.78. The number of benzene rings is 1. The molecule has 106 valence electrons. The summed E-state index contributed by atoms with van der Waals surface area (Å²) in [5, 5.41) is 0. The van der Waals surface area contributed by atoms with Gasteiger partial charge in [0.1, 0.15) is 5.82 Å². The number of rotatable bonds is 5. The molecule has 1 aromatic heterocycles. The monoisotopic (exact) mass is 293 g/mol. The summed E-state index contributed by atoms with van der Waals surface area (Å²) in [7, 11) is 1.95. The van der Waals surface area contributed by atoms with Crippen LogP contribution >= 0.6 is 11.3 Å². The second kappa shape index (κ2) is 6.60. The third-order valence-corrected chi connectivity index (χ3v) is 3.85. The van der Waals surface area contributed by atoms with Crippen molar-refractivity contribution in [1.29, 1.82) is 0 Å². The van der Waals surface area contributed by atoms with Crippen LogP contribution in [-0.2, 0) is 13.1 Å². The molecule has 0 aliphatic rings. The molecule has 4 nitrogen and oxygen atoms in total. The van der Waals surface area contributed by atoms with Crippen LogP contribution in [-0.4, -0.2) is 17.9 Å². The number of nitrogens with two attached hydrogens (primary N) is 1. The van der Waals surface area contributed by atoms with Gasteiger partial charge < -0.3 is 0 Å². The molecule has 6 heteroatoms. The Kier molecular flexibility index (Phi) is 4.84. The van der Waals surface area contributed by atoms with Gasteiger partial charge in [-0.05, 0) is 36.9 Å². The summed E-state index contributed by atoms with van der Waals surface area (Å²) in [6.45, 7) is 1.34. The summed E-state index contributed by atoms with van der Waals surface area (Å²) >= 11 is 1.40. The topological polar surface area (TPSA) is 58.4 Å². The van der Waals surface area contributed by atoms with Crippen LogP contribution in [0.1, 0.15) is 20.1 Å². The summed E-state index contributed by atoms with van der Waals surface area (Å²) < 4.78 is 13.1. The molecule has 0 aliphatic carbocycles. The lowest BCUT2D eigenvalue weighted by atomic mass is 10.2. The van der Waals surface area contributed by atoms with E-state index in [9.17, 15) is 9.18 Å². The molecule has 0 atom stereocenters. The fraction of sp³-hybridized carbons (Fsp3) is 0.214. The normalized spacial score (nSPS) is 10.8. The Balaban J connectivity index is 1.96. The minimum absolute atomic E-state index is 0.228. The van der Waals surface area contributed by atoms with Crippen LogP contribution in [0.3, 0.4) is 0 Å². The molecule has 0 spiro atoms. The Morgan fingerprint density at radius 1 is 1.35 bits per heavy atom. The molecule has 3 N–H and O–H groups in total. The molecule has 0 bridgehead atoms. The molecular weight excluding hydrogens is 277 g/mol. The van der Waals surface area contributed by atoms with Crippen LogP contribution in [0.5, 0.6) is 0 Å². The number of hydrogen-bond acceptors (Lipinski definition) is 4. The smallest absolute Gasteiger partial charge is 0.275 e. The first-order valence-corrected chi connectivity index (χ1v) is 6.93. The number of amides is 1. The van der Waals surface area contributed by atoms with E-state index in [1.165, 1.54) is 23.5 Å². The Morgan fingerprint density at radius 3 is 2.85 bits per heavy atom. The average molecular weight is 293 g/mol. The lowest BCUT2D eigenvalue weighted by Gasteiger charge is -2.15. The summed E-state index contributed by atoms with van der Waals surface area (Å²) in [5.74, 6) is 4.58. The predicted molar refractivity (Wildman–Crippen MR) is 77.5 cm³/mol. The van der Waals surface area contributed by atoms with Gasteiger partial charge in [-0.1, -0.05) is 12.1 Å². The number of hydrogen-bond donors (Lipinski definition) is 2. The van der Waals surface area contributed by atoms with E-state index in [1.807, 2.05) is 19.2 Å². The third kappa shape index (κ3) is 3.86. The molecule has 20 heavy (non-hydrogen) atoms. The maximum absolute atomic E-state index is 13.1. The van der Waals surface area contributed by atoms with Gasteiger partial charge in [0, 0.05) is 18.0 Å². The molecule has 1 aromatic carbocycles. The minimum atomic E-state index is -0.283. The van der Waals surface area contributed by atoms with Crippen LogP contribution in [0.2, 0.25) is 0 Å². The Bertz CT molecular complexity index is 600. The molecule has 1 amide bonds. The average Bonchev–Trinajstić information content (AvgIpc) is 2.86. The number of nitrogen functional groups attached to an aromatic ring is 1. The Hall–Kier alpha value is -1.76. The Labute approximate surface area is 121 Å². The molecule has 0 saturated heterocycles. The van der Waals surface area contributed by atoms with Crippen molar-refractivity contribution in [2.24, 2.45) is 5.84 Å². The quantitative estimate of drug-likeness (QED) is 0.504. The summed E-state index contributed by atoms with van der Waals surface area (Å²) in [5.41, 5.74) is 3.03. The van der Waals surface area contributed by atoms with Crippen molar-refractivity contribution in [3.63, 3.8) is 0 Å². The first-order valence-electron chi connectivity index (χ1n) is 6.11. The SMILES string of the molecule is CN(Cc1cccc(F)c1)Cc1ccc(C(=O)NN)s1. The summed E-state index contributed by atoms with van der Waals surface area (Å²) in [4.78, 5) is 15.1. The number of carbonyl (C=O) groups is 1. The largest absolute Gasteiger partial charge is 0.297 e. The highest BCUT2D eigenvalue weighted by Gasteiger charge is 2.09. The van der Waals surface area contributed by atoms with Crippen molar-refractivity contribution >= 4 is 17.2 Å². The number of nitrogens with zero attached hydrogens (tertiary/aromatic N) is 1. The van der Waals surface area contributed by atoms with Crippen LogP contribution in [0, 0.1) is 5.82 Å². The fourth-order valence-corrected chi connectivity index (χ4v) is 2.92. The molecule has 1 heterocycles. The van der Waals surface area contributed by atoms with Crippen molar-refractivity contribution in [2.75, 3.05) is 7.05 Å². The van der Waals surface area contributed by atoms with E-state index in [0.717, 1.165) is 10.4 Å². The van der Waals surface area contributed by atoms with Crippen molar-refractivity contribution in [1.82, 2.24) is 10.3 Å².